The molecule has 5 rings (SSSR count). The Morgan fingerprint density at radius 2 is 1.83 bits per heavy atom. The van der Waals surface area contributed by atoms with E-state index in [1.54, 1.807) is 6.20 Å². The SMILES string of the molecule is O=C(O)C(F)(F)F.O=C1NCCc2[nH]c(-c3ccnc(-c4ccc(N5CCSCC5)nc4)c3)cc21. The van der Waals surface area contributed by atoms with E-state index in [4.69, 9.17) is 9.90 Å². The summed E-state index contributed by atoms with van der Waals surface area (Å²) in [5, 5.41) is 10.0. The Morgan fingerprint density at radius 3 is 2.46 bits per heavy atom. The number of pyridine rings is 2. The monoisotopic (exact) mass is 505 g/mol. The number of alkyl halides is 3. The fraction of sp³-hybridized carbons (Fsp3) is 0.304. The summed E-state index contributed by atoms with van der Waals surface area (Å²) < 4.78 is 31.7. The number of rotatable bonds is 3. The molecule has 0 unspecified atom stereocenters. The number of carboxylic acids is 1. The second-order valence-corrected chi connectivity index (χ2v) is 9.04. The maximum absolute atomic E-state index is 12.0. The zero-order valence-electron chi connectivity index (χ0n) is 18.4. The number of amides is 1. The standard InChI is InChI=1S/C21H21N5OS.C2HF3O2/c27-21-16-12-19(25-17(16)4-6-23-21)14-3-5-22-18(11-14)15-1-2-20(24-13-15)26-7-9-28-10-8-26;3-2(4,5)1(6)7/h1-3,5,11-13,25H,4,6-10H2,(H,23,27);(H,6,7). The molecule has 0 spiro atoms. The van der Waals surface area contributed by atoms with E-state index in [0.717, 1.165) is 70.6 Å². The zero-order chi connectivity index (χ0) is 25.0. The molecule has 184 valence electrons. The molecule has 1 amide bonds. The summed E-state index contributed by atoms with van der Waals surface area (Å²) in [7, 11) is 0. The van der Waals surface area contributed by atoms with E-state index in [1.807, 2.05) is 36.2 Å². The van der Waals surface area contributed by atoms with Crippen LogP contribution in [0.25, 0.3) is 22.5 Å². The smallest absolute Gasteiger partial charge is 0.475 e. The number of hydrogen-bond acceptors (Lipinski definition) is 6. The van der Waals surface area contributed by atoms with Crippen molar-refractivity contribution in [2.75, 3.05) is 36.0 Å². The van der Waals surface area contributed by atoms with Crippen molar-refractivity contribution in [1.29, 1.82) is 0 Å². The number of aromatic amines is 1. The Bertz CT molecular complexity index is 1210. The second-order valence-electron chi connectivity index (χ2n) is 7.82. The van der Waals surface area contributed by atoms with E-state index in [1.165, 1.54) is 0 Å². The molecule has 0 saturated carbocycles. The molecular weight excluding hydrogens is 483 g/mol. The van der Waals surface area contributed by atoms with Gasteiger partial charge in [0, 0.05) is 72.5 Å². The van der Waals surface area contributed by atoms with E-state index < -0.39 is 12.1 Å². The number of anilines is 1. The van der Waals surface area contributed by atoms with Gasteiger partial charge < -0.3 is 20.3 Å². The first-order chi connectivity index (χ1) is 16.7. The number of hydrogen-bond donors (Lipinski definition) is 3. The van der Waals surface area contributed by atoms with Gasteiger partial charge in [-0.1, -0.05) is 0 Å². The van der Waals surface area contributed by atoms with Crippen molar-refractivity contribution in [2.45, 2.75) is 12.6 Å². The van der Waals surface area contributed by atoms with Crippen LogP contribution in [0.1, 0.15) is 16.1 Å². The Labute approximate surface area is 203 Å². The lowest BCUT2D eigenvalue weighted by atomic mass is 10.1. The van der Waals surface area contributed by atoms with Crippen molar-refractivity contribution in [1.82, 2.24) is 20.3 Å². The highest BCUT2D eigenvalue weighted by Gasteiger charge is 2.38. The van der Waals surface area contributed by atoms with E-state index >= 15 is 0 Å². The predicted molar refractivity (Wildman–Crippen MR) is 127 cm³/mol. The minimum Gasteiger partial charge on any atom is -0.475 e. The summed E-state index contributed by atoms with van der Waals surface area (Å²) >= 11 is 2.00. The highest BCUT2D eigenvalue weighted by molar-refractivity contribution is 7.99. The highest BCUT2D eigenvalue weighted by atomic mass is 32.2. The summed E-state index contributed by atoms with van der Waals surface area (Å²) in [5.41, 5.74) is 5.58. The van der Waals surface area contributed by atoms with Crippen LogP contribution in [0.2, 0.25) is 0 Å². The van der Waals surface area contributed by atoms with Crippen LogP contribution in [0.4, 0.5) is 19.0 Å². The van der Waals surface area contributed by atoms with Crippen molar-refractivity contribution in [3.63, 3.8) is 0 Å². The van der Waals surface area contributed by atoms with Crippen LogP contribution < -0.4 is 10.2 Å². The molecule has 35 heavy (non-hydrogen) atoms. The number of halogens is 3. The van der Waals surface area contributed by atoms with Crippen LogP contribution in [-0.2, 0) is 11.2 Å². The van der Waals surface area contributed by atoms with Gasteiger partial charge in [0.2, 0.25) is 0 Å². The molecule has 3 N–H and O–H groups in total. The van der Waals surface area contributed by atoms with Crippen LogP contribution >= 0.6 is 11.8 Å². The lowest BCUT2D eigenvalue weighted by molar-refractivity contribution is -0.192. The van der Waals surface area contributed by atoms with E-state index in [2.05, 4.69) is 37.3 Å². The second kappa shape index (κ2) is 10.4. The maximum Gasteiger partial charge on any atom is 0.490 e. The molecule has 0 atom stereocenters. The first-order valence-electron chi connectivity index (χ1n) is 10.8. The molecule has 2 aliphatic rings. The van der Waals surface area contributed by atoms with Gasteiger partial charge in [-0.3, -0.25) is 9.78 Å². The topological polar surface area (TPSA) is 111 Å². The summed E-state index contributed by atoms with van der Waals surface area (Å²) in [5.74, 6) is 0.584. The van der Waals surface area contributed by atoms with Gasteiger partial charge in [0.05, 0.1) is 11.3 Å². The summed E-state index contributed by atoms with van der Waals surface area (Å²) in [6.45, 7) is 2.78. The summed E-state index contributed by atoms with van der Waals surface area (Å²) in [6, 6.07) is 10.1. The van der Waals surface area contributed by atoms with Crippen LogP contribution in [-0.4, -0.2) is 69.3 Å². The first-order valence-corrected chi connectivity index (χ1v) is 11.9. The molecule has 0 aliphatic carbocycles. The number of aliphatic carboxylic acids is 1. The van der Waals surface area contributed by atoms with Crippen molar-refractivity contribution >= 4 is 29.5 Å². The molecule has 5 heterocycles. The van der Waals surface area contributed by atoms with Crippen molar-refractivity contribution in [3.8, 4) is 22.5 Å². The third-order valence-electron chi connectivity index (χ3n) is 5.50. The highest BCUT2D eigenvalue weighted by Crippen LogP contribution is 2.28. The van der Waals surface area contributed by atoms with Gasteiger partial charge >= 0.3 is 12.1 Å². The molecule has 12 heteroatoms. The minimum absolute atomic E-state index is 0.00562. The van der Waals surface area contributed by atoms with Gasteiger partial charge in [-0.25, -0.2) is 9.78 Å². The lowest BCUT2D eigenvalue weighted by Gasteiger charge is -2.27. The average molecular weight is 506 g/mol. The minimum atomic E-state index is -5.08. The van der Waals surface area contributed by atoms with Gasteiger partial charge in [-0.2, -0.15) is 24.9 Å². The zero-order valence-corrected chi connectivity index (χ0v) is 19.2. The fourth-order valence-corrected chi connectivity index (χ4v) is 4.63. The molecule has 1 saturated heterocycles. The number of nitrogens with one attached hydrogen (secondary N) is 2. The normalized spacial score (nSPS) is 15.5. The number of H-pyrrole nitrogens is 1. The Hall–Kier alpha value is -3.54. The van der Waals surface area contributed by atoms with Gasteiger partial charge in [0.15, 0.2) is 0 Å². The number of carbonyl (C=O) groups excluding carboxylic acids is 1. The molecule has 8 nitrogen and oxygen atoms in total. The third-order valence-corrected chi connectivity index (χ3v) is 6.44. The molecule has 3 aromatic heterocycles. The Balaban J connectivity index is 0.000000364. The van der Waals surface area contributed by atoms with Crippen molar-refractivity contribution in [3.05, 3.63) is 54.0 Å². The number of aromatic nitrogens is 3. The number of fused-ring (bicyclic) bond motifs is 1. The van der Waals surface area contributed by atoms with Gasteiger partial charge in [0.1, 0.15) is 5.82 Å². The largest absolute Gasteiger partial charge is 0.490 e. The molecule has 1 fully saturated rings. The number of nitrogens with zero attached hydrogens (tertiary/aromatic N) is 3. The molecule has 2 aliphatic heterocycles. The maximum atomic E-state index is 12.0. The number of carbonyl (C=O) groups is 2. The van der Waals surface area contributed by atoms with E-state index in [-0.39, 0.29) is 5.91 Å². The first kappa shape index (κ1) is 24.6. The molecular formula is C23H22F3N5O3S. The predicted octanol–water partition coefficient (Wildman–Crippen LogP) is 3.61. The third kappa shape index (κ3) is 5.94. The molecule has 0 aromatic carbocycles. The quantitative estimate of drug-likeness (QED) is 0.499. The molecule has 3 aromatic rings. The summed E-state index contributed by atoms with van der Waals surface area (Å²) in [6.07, 6.45) is -0.546. The van der Waals surface area contributed by atoms with Crippen LogP contribution in [0.15, 0.2) is 42.7 Å². The number of thioether (sulfide) groups is 1. The van der Waals surface area contributed by atoms with E-state index in [9.17, 15) is 18.0 Å². The Kier molecular flexibility index (Phi) is 7.29. The Morgan fingerprint density at radius 1 is 1.09 bits per heavy atom. The van der Waals surface area contributed by atoms with Crippen LogP contribution in [0.5, 0.6) is 0 Å². The average Bonchev–Trinajstić information content (AvgIpc) is 3.31. The number of carboxylic acid groups (broad SMARTS) is 1. The van der Waals surface area contributed by atoms with Gasteiger partial charge in [-0.15, -0.1) is 0 Å². The molecule has 0 bridgehead atoms. The lowest BCUT2D eigenvalue weighted by Crippen LogP contribution is -2.32. The van der Waals surface area contributed by atoms with E-state index in [0.29, 0.717) is 6.54 Å². The molecule has 0 radical (unpaired) electrons. The summed E-state index contributed by atoms with van der Waals surface area (Å²) in [4.78, 5) is 35.8. The van der Waals surface area contributed by atoms with Crippen LogP contribution in [0, 0.1) is 0 Å². The fourth-order valence-electron chi connectivity index (χ4n) is 3.72. The van der Waals surface area contributed by atoms with Crippen LogP contribution in [0.3, 0.4) is 0 Å². The van der Waals surface area contributed by atoms with Crippen molar-refractivity contribution in [2.24, 2.45) is 0 Å². The van der Waals surface area contributed by atoms with Gasteiger partial charge in [-0.05, 0) is 30.3 Å². The van der Waals surface area contributed by atoms with Gasteiger partial charge in [0.25, 0.3) is 5.91 Å². The van der Waals surface area contributed by atoms with Crippen molar-refractivity contribution < 1.29 is 27.9 Å².